The van der Waals surface area contributed by atoms with Gasteiger partial charge in [0.05, 0.1) is 12.2 Å². The summed E-state index contributed by atoms with van der Waals surface area (Å²) in [6.07, 6.45) is -0.505. The minimum atomic E-state index is -0.253. The average Bonchev–Trinajstić information content (AvgIpc) is 2.58. The third-order valence-corrected chi connectivity index (χ3v) is 4.71. The van der Waals surface area contributed by atoms with E-state index in [9.17, 15) is 10.2 Å². The van der Waals surface area contributed by atoms with Crippen LogP contribution >= 0.6 is 0 Å². The Balaban J connectivity index is 1.95. The van der Waals surface area contributed by atoms with Gasteiger partial charge in [-0.15, -0.1) is 0 Å². The molecule has 2 aliphatic rings. The van der Waals surface area contributed by atoms with E-state index in [0.29, 0.717) is 0 Å². The molecule has 6 heteroatoms. The van der Waals surface area contributed by atoms with Crippen LogP contribution in [0.15, 0.2) is 0 Å². The van der Waals surface area contributed by atoms with Gasteiger partial charge >= 0.3 is 0 Å². The summed E-state index contributed by atoms with van der Waals surface area (Å²) in [6.45, 7) is 16.0. The fraction of sp³-hybridized carbons (Fsp3) is 1.00. The second-order valence-electron chi connectivity index (χ2n) is 6.98. The van der Waals surface area contributed by atoms with Gasteiger partial charge in [-0.05, 0) is 13.8 Å². The number of β-amino-alcohol motifs (C(OH)–C–C–N with tert-alkyl or cyclic N) is 2. The van der Waals surface area contributed by atoms with Gasteiger partial charge in [-0.25, -0.2) is 0 Å². The normalized spacial score (nSPS) is 32.2. The Bertz CT molecular complexity index is 269. The van der Waals surface area contributed by atoms with E-state index in [1.165, 1.54) is 0 Å². The molecule has 2 heterocycles. The molecule has 0 radical (unpaired) electrons. The molecule has 22 heavy (non-hydrogen) atoms. The third kappa shape index (κ3) is 6.48. The first kappa shape index (κ1) is 18.1. The van der Waals surface area contributed by atoms with Gasteiger partial charge in [0.15, 0.2) is 0 Å². The molecule has 0 saturated carbocycles. The number of aliphatic hydroxyl groups is 2. The quantitative estimate of drug-likeness (QED) is 0.693. The van der Waals surface area contributed by atoms with Gasteiger partial charge < -0.3 is 10.2 Å². The largest absolute Gasteiger partial charge is 0.392 e. The predicted octanol–water partition coefficient (Wildman–Crippen LogP) is -1.02. The lowest BCUT2D eigenvalue weighted by atomic mass is 10.3. The van der Waals surface area contributed by atoms with Gasteiger partial charge in [0.1, 0.15) is 0 Å². The Labute approximate surface area is 135 Å². The molecule has 0 aliphatic carbocycles. The first-order valence-corrected chi connectivity index (χ1v) is 8.78. The smallest absolute Gasteiger partial charge is 0.0639 e. The van der Waals surface area contributed by atoms with Crippen molar-refractivity contribution in [2.75, 3.05) is 78.5 Å². The highest BCUT2D eigenvalue weighted by molar-refractivity contribution is 4.77. The van der Waals surface area contributed by atoms with Crippen molar-refractivity contribution in [1.29, 1.82) is 0 Å². The van der Waals surface area contributed by atoms with Crippen LogP contribution in [0.25, 0.3) is 0 Å². The third-order valence-electron chi connectivity index (χ3n) is 4.71. The zero-order chi connectivity index (χ0) is 15.9. The first-order chi connectivity index (χ1) is 10.5. The van der Waals surface area contributed by atoms with Crippen molar-refractivity contribution in [2.45, 2.75) is 26.1 Å². The number of hydrogen-bond acceptors (Lipinski definition) is 6. The van der Waals surface area contributed by atoms with Crippen LogP contribution in [-0.2, 0) is 0 Å². The fourth-order valence-corrected chi connectivity index (χ4v) is 3.42. The van der Waals surface area contributed by atoms with E-state index in [2.05, 4.69) is 19.6 Å². The zero-order valence-corrected chi connectivity index (χ0v) is 14.3. The summed E-state index contributed by atoms with van der Waals surface area (Å²) in [5.74, 6) is 0. The van der Waals surface area contributed by atoms with Gasteiger partial charge in [0, 0.05) is 78.5 Å². The number of fused-ring (bicyclic) bond motifs is 3. The molecule has 0 aromatic heterocycles. The number of aliphatic hydroxyl groups excluding tert-OH is 2. The molecule has 2 aliphatic heterocycles. The molecule has 2 bridgehead atoms. The molecule has 2 fully saturated rings. The molecule has 0 spiro atoms. The van der Waals surface area contributed by atoms with Crippen molar-refractivity contribution >= 4 is 0 Å². The van der Waals surface area contributed by atoms with E-state index in [0.717, 1.165) is 78.5 Å². The second-order valence-corrected chi connectivity index (χ2v) is 6.98. The predicted molar refractivity (Wildman–Crippen MR) is 89.1 cm³/mol. The van der Waals surface area contributed by atoms with Crippen LogP contribution in [0.1, 0.15) is 13.8 Å². The summed E-state index contributed by atoms with van der Waals surface area (Å²) in [4.78, 5) is 9.86. The van der Waals surface area contributed by atoms with Crippen molar-refractivity contribution in [3.8, 4) is 0 Å². The second kappa shape index (κ2) is 9.15. The Morgan fingerprint density at radius 2 is 0.864 bits per heavy atom. The van der Waals surface area contributed by atoms with Gasteiger partial charge in [-0.3, -0.25) is 19.6 Å². The van der Waals surface area contributed by atoms with Crippen LogP contribution in [0.3, 0.4) is 0 Å². The number of rotatable bonds is 4. The highest BCUT2D eigenvalue weighted by atomic mass is 16.3. The van der Waals surface area contributed by atoms with Gasteiger partial charge in [0.25, 0.3) is 0 Å². The van der Waals surface area contributed by atoms with Gasteiger partial charge in [-0.2, -0.15) is 0 Å². The van der Waals surface area contributed by atoms with Crippen molar-refractivity contribution in [1.82, 2.24) is 19.6 Å². The SMILES string of the molecule is CC(O)CN1CCN2CCN(CC1)CCN(CC(C)O)CC2. The van der Waals surface area contributed by atoms with Crippen molar-refractivity contribution in [3.63, 3.8) is 0 Å². The maximum Gasteiger partial charge on any atom is 0.0639 e. The topological polar surface area (TPSA) is 53.4 Å². The maximum absolute atomic E-state index is 9.66. The van der Waals surface area contributed by atoms with Gasteiger partial charge in [0.2, 0.25) is 0 Å². The van der Waals surface area contributed by atoms with Gasteiger partial charge in [-0.1, -0.05) is 0 Å². The summed E-state index contributed by atoms with van der Waals surface area (Å²) < 4.78 is 0. The van der Waals surface area contributed by atoms with Crippen LogP contribution < -0.4 is 0 Å². The molecule has 2 saturated heterocycles. The first-order valence-electron chi connectivity index (χ1n) is 8.78. The Kier molecular flexibility index (Phi) is 7.53. The van der Waals surface area contributed by atoms with E-state index < -0.39 is 0 Å². The summed E-state index contributed by atoms with van der Waals surface area (Å²) in [7, 11) is 0. The zero-order valence-electron chi connectivity index (χ0n) is 14.3. The lowest BCUT2D eigenvalue weighted by molar-refractivity contribution is 0.0981. The highest BCUT2D eigenvalue weighted by Gasteiger charge is 2.20. The monoisotopic (exact) mass is 314 g/mol. The summed E-state index contributed by atoms with van der Waals surface area (Å²) >= 11 is 0. The molecule has 0 aromatic carbocycles. The average molecular weight is 314 g/mol. The molecule has 130 valence electrons. The van der Waals surface area contributed by atoms with E-state index in [1.54, 1.807) is 0 Å². The standard InChI is InChI=1S/C16H34N4O2/c1-15(21)13-19-9-5-17-3-4-18(6-10-19)8-12-20(11-7-17)14-16(2)22/h15-16,21-22H,3-14H2,1-2H3. The van der Waals surface area contributed by atoms with E-state index in [1.807, 2.05) is 13.8 Å². The fourth-order valence-electron chi connectivity index (χ4n) is 3.42. The molecule has 2 unspecified atom stereocenters. The molecule has 2 N–H and O–H groups in total. The van der Waals surface area contributed by atoms with Crippen molar-refractivity contribution in [2.24, 2.45) is 0 Å². The Hall–Kier alpha value is -0.240. The summed E-state index contributed by atoms with van der Waals surface area (Å²) in [6, 6.07) is 0. The molecule has 0 aromatic rings. The molecular formula is C16H34N4O2. The van der Waals surface area contributed by atoms with Crippen molar-refractivity contribution in [3.05, 3.63) is 0 Å². The lowest BCUT2D eigenvalue weighted by Crippen LogP contribution is -2.44. The Morgan fingerprint density at radius 3 is 1.14 bits per heavy atom. The van der Waals surface area contributed by atoms with E-state index in [-0.39, 0.29) is 12.2 Å². The lowest BCUT2D eigenvalue weighted by Gasteiger charge is -2.30. The van der Waals surface area contributed by atoms with Crippen LogP contribution in [0.5, 0.6) is 0 Å². The minimum absolute atomic E-state index is 0.253. The summed E-state index contributed by atoms with van der Waals surface area (Å²) in [5.41, 5.74) is 0. The van der Waals surface area contributed by atoms with Crippen molar-refractivity contribution < 1.29 is 10.2 Å². The highest BCUT2D eigenvalue weighted by Crippen LogP contribution is 2.05. The molecule has 2 atom stereocenters. The van der Waals surface area contributed by atoms with E-state index >= 15 is 0 Å². The van der Waals surface area contributed by atoms with E-state index in [4.69, 9.17) is 0 Å². The molecular weight excluding hydrogens is 280 g/mol. The molecule has 6 nitrogen and oxygen atoms in total. The summed E-state index contributed by atoms with van der Waals surface area (Å²) in [5, 5.41) is 19.3. The van der Waals surface area contributed by atoms with Crippen LogP contribution in [-0.4, -0.2) is 121 Å². The van der Waals surface area contributed by atoms with Crippen LogP contribution in [0.4, 0.5) is 0 Å². The van der Waals surface area contributed by atoms with Crippen LogP contribution in [0.2, 0.25) is 0 Å². The number of nitrogens with zero attached hydrogens (tertiary/aromatic N) is 4. The Morgan fingerprint density at radius 1 is 0.591 bits per heavy atom. The molecule has 2 rings (SSSR count). The maximum atomic E-state index is 9.66. The number of hydrogen-bond donors (Lipinski definition) is 2. The molecule has 0 amide bonds. The minimum Gasteiger partial charge on any atom is -0.392 e. The van der Waals surface area contributed by atoms with Crippen LogP contribution in [0, 0.1) is 0 Å².